The molecule has 2 N–H and O–H groups in total. The molecule has 0 atom stereocenters. The minimum atomic E-state index is -0.917. The van der Waals surface area contributed by atoms with Gasteiger partial charge in [0.1, 0.15) is 5.82 Å². The lowest BCUT2D eigenvalue weighted by Crippen LogP contribution is -2.51. The Morgan fingerprint density at radius 1 is 1.29 bits per heavy atom. The van der Waals surface area contributed by atoms with Crippen LogP contribution in [0.5, 0.6) is 0 Å². The van der Waals surface area contributed by atoms with Crippen molar-refractivity contribution in [3.8, 4) is 0 Å². The summed E-state index contributed by atoms with van der Waals surface area (Å²) in [7, 11) is 0. The highest BCUT2D eigenvalue weighted by Gasteiger charge is 2.45. The van der Waals surface area contributed by atoms with Gasteiger partial charge in [-0.2, -0.15) is 0 Å². The number of hydrogen-bond donors (Lipinski definition) is 2. The quantitative estimate of drug-likeness (QED) is 0.763. The number of nitrogens with one attached hydrogen (secondary N) is 1. The van der Waals surface area contributed by atoms with Crippen molar-refractivity contribution in [3.63, 3.8) is 0 Å². The molecule has 0 saturated heterocycles. The molecule has 2 rings (SSSR count). The first-order valence-electron chi connectivity index (χ1n) is 8.63. The Hall–Kier alpha value is -1.91. The van der Waals surface area contributed by atoms with E-state index in [4.69, 9.17) is 0 Å². The van der Waals surface area contributed by atoms with Crippen LogP contribution in [0.3, 0.4) is 0 Å². The van der Waals surface area contributed by atoms with Gasteiger partial charge in [0.25, 0.3) is 0 Å². The van der Waals surface area contributed by atoms with Gasteiger partial charge in [-0.05, 0) is 49.8 Å². The monoisotopic (exact) mass is 335 g/mol. The number of hydrogen-bond acceptors (Lipinski definition) is 2. The van der Waals surface area contributed by atoms with Gasteiger partial charge in [0.2, 0.25) is 5.91 Å². The van der Waals surface area contributed by atoms with Crippen molar-refractivity contribution in [2.24, 2.45) is 10.8 Å². The molecule has 1 saturated carbocycles. The number of carboxylic acid groups (broad SMARTS) is 1. The number of carbonyl (C=O) groups excluding carboxylic acids is 1. The lowest BCUT2D eigenvalue weighted by atomic mass is 9.64. The third-order valence-electron chi connectivity index (χ3n) is 5.62. The van der Waals surface area contributed by atoms with E-state index in [1.807, 2.05) is 19.9 Å². The van der Waals surface area contributed by atoms with Gasteiger partial charge in [0.15, 0.2) is 0 Å². The number of rotatable bonds is 8. The molecule has 0 heterocycles. The van der Waals surface area contributed by atoms with Crippen LogP contribution in [0.1, 0.15) is 51.5 Å². The molecule has 0 unspecified atom stereocenters. The molecule has 0 spiro atoms. The summed E-state index contributed by atoms with van der Waals surface area (Å²) in [6.07, 6.45) is 3.91. The zero-order valence-corrected chi connectivity index (χ0v) is 14.4. The van der Waals surface area contributed by atoms with Gasteiger partial charge in [-0.1, -0.05) is 32.4 Å². The fourth-order valence-electron chi connectivity index (χ4n) is 3.44. The number of aliphatic carboxylic acids is 1. The van der Waals surface area contributed by atoms with Gasteiger partial charge in [-0.25, -0.2) is 4.39 Å². The summed E-state index contributed by atoms with van der Waals surface area (Å²) in [6, 6.07) is 6.34. The van der Waals surface area contributed by atoms with Crippen LogP contribution in [0, 0.1) is 16.6 Å². The Bertz CT molecular complexity index is 606. The highest BCUT2D eigenvalue weighted by molar-refractivity contribution is 5.85. The largest absolute Gasteiger partial charge is 0.481 e. The van der Waals surface area contributed by atoms with Crippen LogP contribution < -0.4 is 5.32 Å². The van der Waals surface area contributed by atoms with E-state index in [0.29, 0.717) is 19.3 Å². The standard InChI is InChI=1S/C19H26FNO3/c1-3-18(4-2,17(23)24)13-21-16(22)19(9-6-10-19)12-14-7-5-8-15(20)11-14/h5,7-8,11H,3-4,6,9-10,12-13H2,1-2H3,(H,21,22)(H,23,24). The normalized spacial score (nSPS) is 16.3. The van der Waals surface area contributed by atoms with Gasteiger partial charge in [0.05, 0.1) is 10.8 Å². The second-order valence-corrected chi connectivity index (χ2v) is 6.92. The second-order valence-electron chi connectivity index (χ2n) is 6.92. The van der Waals surface area contributed by atoms with Crippen LogP contribution in [-0.4, -0.2) is 23.5 Å². The zero-order valence-electron chi connectivity index (χ0n) is 14.4. The van der Waals surface area contributed by atoms with Crippen LogP contribution in [0.4, 0.5) is 4.39 Å². The molecule has 0 bridgehead atoms. The predicted molar refractivity (Wildman–Crippen MR) is 90.0 cm³/mol. The summed E-state index contributed by atoms with van der Waals surface area (Å²) in [5.41, 5.74) is -0.640. The molecule has 24 heavy (non-hydrogen) atoms. The number of amides is 1. The van der Waals surface area contributed by atoms with E-state index in [9.17, 15) is 19.1 Å². The van der Waals surface area contributed by atoms with Crippen LogP contribution in [0.25, 0.3) is 0 Å². The minimum Gasteiger partial charge on any atom is -0.481 e. The van der Waals surface area contributed by atoms with E-state index >= 15 is 0 Å². The maximum absolute atomic E-state index is 13.4. The van der Waals surface area contributed by atoms with E-state index in [0.717, 1.165) is 24.8 Å². The summed E-state index contributed by atoms with van der Waals surface area (Å²) < 4.78 is 13.4. The lowest BCUT2D eigenvalue weighted by molar-refractivity contribution is -0.150. The first-order valence-corrected chi connectivity index (χ1v) is 8.63. The second kappa shape index (κ2) is 7.32. The summed E-state index contributed by atoms with van der Waals surface area (Å²) in [6.45, 7) is 3.80. The molecule has 1 amide bonds. The Balaban J connectivity index is 2.07. The van der Waals surface area contributed by atoms with Crippen molar-refractivity contribution in [1.82, 2.24) is 5.32 Å². The molecule has 0 aliphatic heterocycles. The van der Waals surface area contributed by atoms with E-state index in [-0.39, 0.29) is 18.3 Å². The summed E-state index contributed by atoms with van der Waals surface area (Å²) in [5.74, 6) is -1.28. The molecule has 1 aromatic carbocycles. The van der Waals surface area contributed by atoms with Crippen molar-refractivity contribution < 1.29 is 19.1 Å². The fourth-order valence-corrected chi connectivity index (χ4v) is 3.44. The lowest BCUT2D eigenvalue weighted by Gasteiger charge is -2.41. The van der Waals surface area contributed by atoms with Crippen molar-refractivity contribution in [2.45, 2.75) is 52.4 Å². The molecule has 1 aromatic rings. The predicted octanol–water partition coefficient (Wildman–Crippen LogP) is 3.55. The maximum atomic E-state index is 13.4. The summed E-state index contributed by atoms with van der Waals surface area (Å²) in [4.78, 5) is 24.3. The summed E-state index contributed by atoms with van der Waals surface area (Å²) >= 11 is 0. The molecule has 0 radical (unpaired) electrons. The Kier molecular flexibility index (Phi) is 5.62. The first kappa shape index (κ1) is 18.4. The zero-order chi connectivity index (χ0) is 17.8. The molecule has 4 nitrogen and oxygen atoms in total. The average molecular weight is 335 g/mol. The number of halogens is 1. The van der Waals surface area contributed by atoms with E-state index in [1.54, 1.807) is 6.07 Å². The van der Waals surface area contributed by atoms with Crippen molar-refractivity contribution in [2.75, 3.05) is 6.54 Å². The number of carbonyl (C=O) groups is 2. The first-order chi connectivity index (χ1) is 11.4. The molecule has 1 aliphatic carbocycles. The highest BCUT2D eigenvalue weighted by atomic mass is 19.1. The van der Waals surface area contributed by atoms with Crippen molar-refractivity contribution >= 4 is 11.9 Å². The van der Waals surface area contributed by atoms with E-state index in [2.05, 4.69) is 5.32 Å². The van der Waals surface area contributed by atoms with Gasteiger partial charge in [-0.3, -0.25) is 9.59 Å². The van der Waals surface area contributed by atoms with Crippen LogP contribution >= 0.6 is 0 Å². The third-order valence-corrected chi connectivity index (χ3v) is 5.62. The molecule has 1 aliphatic rings. The Labute approximate surface area is 142 Å². The van der Waals surface area contributed by atoms with Gasteiger partial charge in [-0.15, -0.1) is 0 Å². The van der Waals surface area contributed by atoms with Gasteiger partial charge < -0.3 is 10.4 Å². The van der Waals surface area contributed by atoms with Crippen molar-refractivity contribution in [3.05, 3.63) is 35.6 Å². The Morgan fingerprint density at radius 3 is 2.42 bits per heavy atom. The third kappa shape index (κ3) is 3.60. The van der Waals surface area contributed by atoms with Gasteiger partial charge in [0, 0.05) is 6.54 Å². The highest BCUT2D eigenvalue weighted by Crippen LogP contribution is 2.44. The number of carboxylic acids is 1. The summed E-state index contributed by atoms with van der Waals surface area (Å²) in [5, 5.41) is 12.4. The van der Waals surface area contributed by atoms with E-state index in [1.165, 1.54) is 12.1 Å². The molecular weight excluding hydrogens is 309 g/mol. The smallest absolute Gasteiger partial charge is 0.311 e. The minimum absolute atomic E-state index is 0.106. The number of benzene rings is 1. The molecule has 5 heteroatoms. The maximum Gasteiger partial charge on any atom is 0.311 e. The van der Waals surface area contributed by atoms with Crippen LogP contribution in [-0.2, 0) is 16.0 Å². The molecule has 0 aromatic heterocycles. The van der Waals surface area contributed by atoms with Crippen molar-refractivity contribution in [1.29, 1.82) is 0 Å². The van der Waals surface area contributed by atoms with Crippen LogP contribution in [0.2, 0.25) is 0 Å². The fraction of sp³-hybridized carbons (Fsp3) is 0.579. The Morgan fingerprint density at radius 2 is 1.96 bits per heavy atom. The molecule has 132 valence electrons. The molecule has 1 fully saturated rings. The topological polar surface area (TPSA) is 66.4 Å². The van der Waals surface area contributed by atoms with E-state index < -0.39 is 16.8 Å². The SMILES string of the molecule is CCC(CC)(CNC(=O)C1(Cc2cccc(F)c2)CCC1)C(=O)O. The molecular formula is C19H26FNO3. The van der Waals surface area contributed by atoms with Crippen LogP contribution in [0.15, 0.2) is 24.3 Å². The average Bonchev–Trinajstić information content (AvgIpc) is 2.52. The van der Waals surface area contributed by atoms with Gasteiger partial charge >= 0.3 is 5.97 Å².